The van der Waals surface area contributed by atoms with E-state index in [1.54, 1.807) is 24.3 Å². The molecule has 1 aromatic heterocycles. The monoisotopic (exact) mass is 457 g/mol. The molecule has 11 heteroatoms. The third-order valence-corrected chi connectivity index (χ3v) is 4.43. The number of nitrogens with zero attached hydrogens (tertiary/aromatic N) is 2. The summed E-state index contributed by atoms with van der Waals surface area (Å²) in [5.74, 6) is 0.589. The molecule has 172 valence electrons. The average Bonchev–Trinajstić information content (AvgIpc) is 2.73. The summed E-state index contributed by atoms with van der Waals surface area (Å²) < 4.78 is 38.5. The zero-order valence-corrected chi connectivity index (χ0v) is 17.8. The lowest BCUT2D eigenvalue weighted by Gasteiger charge is -2.16. The highest BCUT2D eigenvalue weighted by Gasteiger charge is 2.30. The fourth-order valence-corrected chi connectivity index (χ4v) is 2.96. The van der Waals surface area contributed by atoms with E-state index in [2.05, 4.69) is 25.9 Å². The van der Waals surface area contributed by atoms with Crippen molar-refractivity contribution in [1.29, 1.82) is 5.41 Å². The molecule has 0 atom stereocenters. The van der Waals surface area contributed by atoms with Gasteiger partial charge in [-0.25, -0.2) is 14.8 Å². The zero-order valence-electron chi connectivity index (χ0n) is 17.8. The van der Waals surface area contributed by atoms with Crippen LogP contribution in [0.25, 0.3) is 0 Å². The lowest BCUT2D eigenvalue weighted by atomic mass is 10.0. The molecule has 0 aliphatic carbocycles. The maximum atomic E-state index is 12.8. The number of halogens is 3. The number of nitrogens with two attached hydrogens (primary N) is 1. The van der Waals surface area contributed by atoms with Crippen molar-refractivity contribution in [2.75, 3.05) is 21.7 Å². The first kappa shape index (κ1) is 23.5. The van der Waals surface area contributed by atoms with Crippen molar-refractivity contribution >= 4 is 34.8 Å². The van der Waals surface area contributed by atoms with Gasteiger partial charge in [0.15, 0.2) is 0 Å². The van der Waals surface area contributed by atoms with Crippen LogP contribution in [0, 0.1) is 5.41 Å². The molecule has 3 rings (SSSR count). The van der Waals surface area contributed by atoms with Gasteiger partial charge in [0.1, 0.15) is 18.0 Å². The van der Waals surface area contributed by atoms with E-state index in [4.69, 9.17) is 11.1 Å². The van der Waals surface area contributed by atoms with Gasteiger partial charge in [-0.3, -0.25) is 5.41 Å². The van der Waals surface area contributed by atoms with E-state index in [-0.39, 0.29) is 23.3 Å². The number of carbonyl (C=O) groups is 1. The molecule has 3 aromatic rings. The molecule has 0 fully saturated rings. The number of anilines is 4. The van der Waals surface area contributed by atoms with Gasteiger partial charge in [0, 0.05) is 23.0 Å². The van der Waals surface area contributed by atoms with E-state index in [9.17, 15) is 18.0 Å². The number of nitrogens with one attached hydrogen (secondary N) is 4. The van der Waals surface area contributed by atoms with Crippen LogP contribution in [0.15, 0.2) is 54.9 Å². The summed E-state index contributed by atoms with van der Waals surface area (Å²) in [5.41, 5.74) is 6.46. The highest BCUT2D eigenvalue weighted by Crippen LogP contribution is 2.30. The lowest BCUT2D eigenvalue weighted by molar-refractivity contribution is -0.137. The van der Waals surface area contributed by atoms with Crippen molar-refractivity contribution < 1.29 is 18.0 Å². The van der Waals surface area contributed by atoms with Crippen LogP contribution >= 0.6 is 0 Å². The van der Waals surface area contributed by atoms with Crippen LogP contribution in [-0.4, -0.2) is 27.8 Å². The van der Waals surface area contributed by atoms with Crippen LogP contribution in [0.4, 0.5) is 41.0 Å². The van der Waals surface area contributed by atoms with Crippen LogP contribution in [-0.2, 0) is 6.18 Å². The van der Waals surface area contributed by atoms with Crippen LogP contribution < -0.4 is 21.7 Å². The number of rotatable bonds is 6. The topological polar surface area (TPSA) is 129 Å². The Morgan fingerprint density at radius 3 is 2.33 bits per heavy atom. The van der Waals surface area contributed by atoms with Gasteiger partial charge in [-0.1, -0.05) is 18.2 Å². The summed E-state index contributed by atoms with van der Waals surface area (Å²) >= 11 is 0. The molecular formula is C22H22F3N7O. The Morgan fingerprint density at radius 2 is 1.70 bits per heavy atom. The Labute approximate surface area is 188 Å². The molecular weight excluding hydrogens is 435 g/mol. The molecule has 2 aromatic carbocycles. The van der Waals surface area contributed by atoms with E-state index in [0.717, 1.165) is 12.1 Å². The largest absolute Gasteiger partial charge is 0.416 e. The van der Waals surface area contributed by atoms with Gasteiger partial charge in [0.2, 0.25) is 0 Å². The predicted molar refractivity (Wildman–Crippen MR) is 122 cm³/mol. The number of hydrogen-bond donors (Lipinski definition) is 5. The number of alkyl halides is 3. The molecule has 2 amide bonds. The van der Waals surface area contributed by atoms with Gasteiger partial charge in [-0.15, -0.1) is 0 Å². The Kier molecular flexibility index (Phi) is 6.80. The smallest absolute Gasteiger partial charge is 0.383 e. The molecule has 6 N–H and O–H groups in total. The molecule has 0 spiro atoms. The van der Waals surface area contributed by atoms with Gasteiger partial charge < -0.3 is 21.7 Å². The molecule has 0 saturated heterocycles. The average molecular weight is 457 g/mol. The Morgan fingerprint density at radius 1 is 1.03 bits per heavy atom. The van der Waals surface area contributed by atoms with E-state index in [1.165, 1.54) is 18.5 Å². The molecule has 0 radical (unpaired) electrons. The number of amides is 2. The van der Waals surface area contributed by atoms with Gasteiger partial charge in [-0.05, 0) is 44.2 Å². The van der Waals surface area contributed by atoms with Crippen molar-refractivity contribution in [3.63, 3.8) is 0 Å². The molecule has 33 heavy (non-hydrogen) atoms. The first-order valence-corrected chi connectivity index (χ1v) is 9.86. The standard InChI is InChI=1S/C22H22F3N7O/c1-12(2)30-20-17(19(27)28-11-29-20)18(26)13-6-8-15(9-7-13)31-21(33)32-16-5-3-4-14(10-16)22(23,24)25/h3-12,26H,1-2H3,(H2,31,32,33)(H3,27,28,29,30). The fraction of sp³-hybridized carbons (Fsp3) is 0.182. The molecule has 0 aliphatic heterocycles. The summed E-state index contributed by atoms with van der Waals surface area (Å²) in [4.78, 5) is 20.3. The van der Waals surface area contributed by atoms with Gasteiger partial charge in [0.25, 0.3) is 0 Å². The van der Waals surface area contributed by atoms with Crippen molar-refractivity contribution in [1.82, 2.24) is 9.97 Å². The number of nitrogen functional groups attached to an aromatic ring is 1. The third-order valence-electron chi connectivity index (χ3n) is 4.43. The number of urea groups is 1. The van der Waals surface area contributed by atoms with Crippen molar-refractivity contribution in [2.24, 2.45) is 0 Å². The van der Waals surface area contributed by atoms with E-state index < -0.39 is 17.8 Å². The molecule has 0 aliphatic rings. The Hall–Kier alpha value is -4.15. The van der Waals surface area contributed by atoms with Crippen molar-refractivity contribution in [3.05, 3.63) is 71.5 Å². The number of aromatic nitrogens is 2. The summed E-state index contributed by atoms with van der Waals surface area (Å²) in [6.07, 6.45) is -3.20. The van der Waals surface area contributed by atoms with Crippen LogP contribution in [0.1, 0.15) is 30.5 Å². The summed E-state index contributed by atoms with van der Waals surface area (Å²) in [7, 11) is 0. The lowest BCUT2D eigenvalue weighted by Crippen LogP contribution is -2.20. The maximum absolute atomic E-state index is 12.8. The molecule has 1 heterocycles. The minimum absolute atomic E-state index is 0.00505. The van der Waals surface area contributed by atoms with Crippen LogP contribution in [0.3, 0.4) is 0 Å². The summed E-state index contributed by atoms with van der Waals surface area (Å²) in [6, 6.07) is 10.0. The Bertz CT molecular complexity index is 1160. The fourth-order valence-electron chi connectivity index (χ4n) is 2.96. The number of benzene rings is 2. The first-order valence-electron chi connectivity index (χ1n) is 9.86. The summed E-state index contributed by atoms with van der Waals surface area (Å²) in [6.45, 7) is 3.85. The van der Waals surface area contributed by atoms with Gasteiger partial charge in [-0.2, -0.15) is 13.2 Å². The second-order valence-electron chi connectivity index (χ2n) is 7.39. The van der Waals surface area contributed by atoms with Crippen molar-refractivity contribution in [3.8, 4) is 0 Å². The minimum Gasteiger partial charge on any atom is -0.383 e. The number of hydrogen-bond acceptors (Lipinski definition) is 6. The predicted octanol–water partition coefficient (Wildman–Crippen LogP) is 4.96. The second kappa shape index (κ2) is 9.55. The molecule has 0 bridgehead atoms. The SMILES string of the molecule is CC(C)Nc1ncnc(N)c1C(=N)c1ccc(NC(=O)Nc2cccc(C(F)(F)F)c2)cc1. The number of carbonyl (C=O) groups excluding carboxylic acids is 1. The zero-order chi connectivity index (χ0) is 24.2. The van der Waals surface area contributed by atoms with Gasteiger partial charge in [0.05, 0.1) is 16.8 Å². The highest BCUT2D eigenvalue weighted by atomic mass is 19.4. The summed E-state index contributed by atoms with van der Waals surface area (Å²) in [5, 5.41) is 16.6. The highest BCUT2D eigenvalue weighted by molar-refractivity contribution is 6.16. The second-order valence-corrected chi connectivity index (χ2v) is 7.39. The maximum Gasteiger partial charge on any atom is 0.416 e. The van der Waals surface area contributed by atoms with Crippen LogP contribution in [0.2, 0.25) is 0 Å². The van der Waals surface area contributed by atoms with Crippen LogP contribution in [0.5, 0.6) is 0 Å². The molecule has 0 saturated carbocycles. The van der Waals surface area contributed by atoms with E-state index in [1.807, 2.05) is 13.8 Å². The minimum atomic E-state index is -4.51. The van der Waals surface area contributed by atoms with E-state index >= 15 is 0 Å². The molecule has 8 nitrogen and oxygen atoms in total. The third kappa shape index (κ3) is 5.97. The van der Waals surface area contributed by atoms with Crippen molar-refractivity contribution in [2.45, 2.75) is 26.1 Å². The molecule has 0 unspecified atom stereocenters. The Balaban J connectivity index is 1.71. The van der Waals surface area contributed by atoms with E-state index in [0.29, 0.717) is 22.6 Å². The quantitative estimate of drug-likeness (QED) is 0.334. The normalized spacial score (nSPS) is 11.2. The first-order chi connectivity index (χ1) is 15.5. The van der Waals surface area contributed by atoms with Gasteiger partial charge >= 0.3 is 12.2 Å².